The predicted molar refractivity (Wildman–Crippen MR) is 107 cm³/mol. The lowest BCUT2D eigenvalue weighted by atomic mass is 10.1. The van der Waals surface area contributed by atoms with Crippen molar-refractivity contribution in [2.45, 2.75) is 19.4 Å². The molecule has 1 fully saturated rings. The Balaban J connectivity index is 1.43. The number of nitrogens with one attached hydrogen (secondary N) is 1. The van der Waals surface area contributed by atoms with E-state index in [0.717, 1.165) is 10.6 Å². The van der Waals surface area contributed by atoms with E-state index in [1.54, 1.807) is 29.0 Å². The van der Waals surface area contributed by atoms with E-state index in [9.17, 15) is 9.59 Å². The van der Waals surface area contributed by atoms with E-state index >= 15 is 0 Å². The Kier molecular flexibility index (Phi) is 5.36. The molecule has 0 saturated carbocycles. The van der Waals surface area contributed by atoms with Crippen molar-refractivity contribution < 1.29 is 14.3 Å². The fourth-order valence-electron chi connectivity index (χ4n) is 3.69. The number of hydrogen-bond acceptors (Lipinski definition) is 7. The number of carbonyl (C=O) groups is 2. The van der Waals surface area contributed by atoms with Gasteiger partial charge in [0, 0.05) is 30.9 Å². The second kappa shape index (κ2) is 8.09. The molecule has 2 aliphatic rings. The summed E-state index contributed by atoms with van der Waals surface area (Å²) in [5.74, 6) is 0.188. The predicted octanol–water partition coefficient (Wildman–Crippen LogP) is 2.09. The van der Waals surface area contributed by atoms with Crippen LogP contribution in [0.3, 0.4) is 0 Å². The lowest BCUT2D eigenvalue weighted by Crippen LogP contribution is -2.35. The molecule has 2 aromatic rings. The lowest BCUT2D eigenvalue weighted by Gasteiger charge is -2.26. The number of para-hydroxylation sites is 1. The summed E-state index contributed by atoms with van der Waals surface area (Å²) in [5, 5.41) is 12.4. The molecule has 0 bridgehead atoms. The molecule has 9 heteroatoms. The summed E-state index contributed by atoms with van der Waals surface area (Å²) < 4.78 is 5.31. The zero-order chi connectivity index (χ0) is 20.4. The minimum absolute atomic E-state index is 0.0744. The highest BCUT2D eigenvalue weighted by atomic mass is 32.1. The van der Waals surface area contributed by atoms with E-state index in [1.807, 2.05) is 12.1 Å². The molecule has 1 atom stereocenters. The molecule has 0 spiro atoms. The fourth-order valence-corrected chi connectivity index (χ4v) is 4.71. The number of nitrogens with zero attached hydrogens (tertiary/aromatic N) is 4. The first-order valence-electron chi connectivity index (χ1n) is 9.45. The van der Waals surface area contributed by atoms with Gasteiger partial charge in [-0.2, -0.15) is 5.26 Å². The smallest absolute Gasteiger partial charge is 0.257 e. The molecular formula is C20H21N5O3S. The minimum atomic E-state index is -0.195. The first kappa shape index (κ1) is 19.2. The van der Waals surface area contributed by atoms with Crippen LogP contribution < -0.4 is 10.1 Å². The molecule has 0 unspecified atom stereocenters. The molecule has 29 heavy (non-hydrogen) atoms. The highest BCUT2D eigenvalue weighted by molar-refractivity contribution is 7.15. The van der Waals surface area contributed by atoms with Gasteiger partial charge in [0.2, 0.25) is 5.91 Å². The third-order valence-electron chi connectivity index (χ3n) is 5.29. The van der Waals surface area contributed by atoms with Gasteiger partial charge in [0.05, 0.1) is 30.8 Å². The van der Waals surface area contributed by atoms with E-state index < -0.39 is 0 Å². The average molecular weight is 411 g/mol. The number of methoxy groups -OCH3 is 1. The van der Waals surface area contributed by atoms with Gasteiger partial charge in [0.1, 0.15) is 5.75 Å². The zero-order valence-corrected chi connectivity index (χ0v) is 16.9. The van der Waals surface area contributed by atoms with E-state index in [-0.39, 0.29) is 17.7 Å². The SMILES string of the molecule is COc1ccccc1C(=O)N1CCc2nc(NC(=O)[C@H]3CCN(C#N)C3)sc2C1. The van der Waals surface area contributed by atoms with Gasteiger partial charge in [-0.3, -0.25) is 9.59 Å². The number of ether oxygens (including phenoxy) is 1. The van der Waals surface area contributed by atoms with Crippen molar-refractivity contribution in [2.75, 3.05) is 32.1 Å². The molecule has 8 nitrogen and oxygen atoms in total. The molecule has 150 valence electrons. The third kappa shape index (κ3) is 3.89. The number of anilines is 1. The molecule has 2 amide bonds. The number of amides is 2. The number of rotatable bonds is 4. The number of thiazole rings is 1. The second-order valence-electron chi connectivity index (χ2n) is 7.09. The van der Waals surface area contributed by atoms with Crippen molar-refractivity contribution in [1.29, 1.82) is 5.26 Å². The largest absolute Gasteiger partial charge is 0.496 e. The van der Waals surface area contributed by atoms with Crippen LogP contribution in [-0.2, 0) is 17.8 Å². The van der Waals surface area contributed by atoms with Crippen LogP contribution >= 0.6 is 11.3 Å². The van der Waals surface area contributed by atoms with E-state index in [1.165, 1.54) is 11.3 Å². The van der Waals surface area contributed by atoms with Crippen molar-refractivity contribution in [3.63, 3.8) is 0 Å². The molecule has 1 N–H and O–H groups in total. The summed E-state index contributed by atoms with van der Waals surface area (Å²) in [7, 11) is 1.55. The topological polar surface area (TPSA) is 98.6 Å². The number of hydrogen-bond donors (Lipinski definition) is 1. The van der Waals surface area contributed by atoms with Gasteiger partial charge in [-0.1, -0.05) is 23.5 Å². The Hall–Kier alpha value is -3.12. The van der Waals surface area contributed by atoms with Crippen LogP contribution in [0.4, 0.5) is 5.13 Å². The Labute approximate surface area is 172 Å². The van der Waals surface area contributed by atoms with E-state index in [4.69, 9.17) is 10.00 Å². The maximum absolute atomic E-state index is 12.9. The van der Waals surface area contributed by atoms with Crippen molar-refractivity contribution in [3.8, 4) is 11.9 Å². The summed E-state index contributed by atoms with van der Waals surface area (Å²) in [6, 6.07) is 7.20. The molecule has 1 saturated heterocycles. The van der Waals surface area contributed by atoms with Crippen LogP contribution in [0.2, 0.25) is 0 Å². The number of aromatic nitrogens is 1. The van der Waals surface area contributed by atoms with E-state index in [2.05, 4.69) is 16.5 Å². The zero-order valence-electron chi connectivity index (χ0n) is 16.1. The summed E-state index contributed by atoms with van der Waals surface area (Å²) in [5.41, 5.74) is 1.47. The van der Waals surface area contributed by atoms with Crippen molar-refractivity contribution >= 4 is 28.3 Å². The highest BCUT2D eigenvalue weighted by Crippen LogP contribution is 2.31. The quantitative estimate of drug-likeness (QED) is 0.774. The van der Waals surface area contributed by atoms with Gasteiger partial charge in [0.25, 0.3) is 5.91 Å². The molecule has 0 aliphatic carbocycles. The molecule has 4 rings (SSSR count). The number of benzene rings is 1. The Morgan fingerprint density at radius 3 is 2.93 bits per heavy atom. The number of fused-ring (bicyclic) bond motifs is 1. The maximum atomic E-state index is 12.9. The van der Waals surface area contributed by atoms with Gasteiger partial charge >= 0.3 is 0 Å². The monoisotopic (exact) mass is 411 g/mol. The van der Waals surface area contributed by atoms with Gasteiger partial charge in [-0.25, -0.2) is 4.98 Å². The van der Waals surface area contributed by atoms with Crippen LogP contribution in [0.5, 0.6) is 5.75 Å². The minimum Gasteiger partial charge on any atom is -0.496 e. The van der Waals surface area contributed by atoms with Gasteiger partial charge in [-0.15, -0.1) is 0 Å². The number of likely N-dealkylation sites (tertiary alicyclic amines) is 1. The molecule has 1 aromatic heterocycles. The van der Waals surface area contributed by atoms with Gasteiger partial charge in [0.15, 0.2) is 11.3 Å². The normalized spacial score (nSPS) is 18.1. The Bertz CT molecular complexity index is 983. The number of carbonyl (C=O) groups excluding carboxylic acids is 2. The van der Waals surface area contributed by atoms with Crippen molar-refractivity contribution in [3.05, 3.63) is 40.4 Å². The molecule has 0 radical (unpaired) electrons. The summed E-state index contributed by atoms with van der Waals surface area (Å²) >= 11 is 1.41. The third-order valence-corrected chi connectivity index (χ3v) is 6.28. The lowest BCUT2D eigenvalue weighted by molar-refractivity contribution is -0.119. The van der Waals surface area contributed by atoms with Crippen molar-refractivity contribution in [2.24, 2.45) is 5.92 Å². The first-order valence-corrected chi connectivity index (χ1v) is 10.3. The molecule has 3 heterocycles. The second-order valence-corrected chi connectivity index (χ2v) is 8.17. The van der Waals surface area contributed by atoms with Gasteiger partial charge < -0.3 is 19.9 Å². The fraction of sp³-hybridized carbons (Fsp3) is 0.400. The summed E-state index contributed by atoms with van der Waals surface area (Å²) in [6.45, 7) is 2.10. The summed E-state index contributed by atoms with van der Waals surface area (Å²) in [4.78, 5) is 34.3. The molecule has 2 aliphatic heterocycles. The molecule has 1 aromatic carbocycles. The summed E-state index contributed by atoms with van der Waals surface area (Å²) in [6.07, 6.45) is 3.40. The van der Waals surface area contributed by atoms with Crippen LogP contribution in [0.15, 0.2) is 24.3 Å². The van der Waals surface area contributed by atoms with E-state index in [0.29, 0.717) is 55.5 Å². The number of nitriles is 1. The Morgan fingerprint density at radius 2 is 2.17 bits per heavy atom. The van der Waals surface area contributed by atoms with Gasteiger partial charge in [-0.05, 0) is 18.6 Å². The van der Waals surface area contributed by atoms with Crippen LogP contribution in [0, 0.1) is 17.4 Å². The van der Waals surface area contributed by atoms with Crippen LogP contribution in [0.25, 0.3) is 0 Å². The van der Waals surface area contributed by atoms with Crippen LogP contribution in [-0.4, -0.2) is 53.3 Å². The Morgan fingerprint density at radius 1 is 1.34 bits per heavy atom. The highest BCUT2D eigenvalue weighted by Gasteiger charge is 2.30. The standard InChI is InChI=1S/C20H21N5O3S/c1-28-16-5-3-2-4-14(16)19(27)25-9-7-15-17(11-25)29-20(22-15)23-18(26)13-6-8-24(10-13)12-21/h2-5,13H,6-11H2,1H3,(H,22,23,26)/t13-/m0/s1. The van der Waals surface area contributed by atoms with Crippen molar-refractivity contribution in [1.82, 2.24) is 14.8 Å². The van der Waals surface area contributed by atoms with Crippen LogP contribution in [0.1, 0.15) is 27.3 Å². The maximum Gasteiger partial charge on any atom is 0.257 e. The average Bonchev–Trinajstić information content (AvgIpc) is 3.39. The molecular weight excluding hydrogens is 390 g/mol. The first-order chi connectivity index (χ1) is 14.1.